The molecule has 0 saturated carbocycles. The van der Waals surface area contributed by atoms with Crippen LogP contribution in [-0.4, -0.2) is 29.8 Å². The molecule has 1 aliphatic rings. The van der Waals surface area contributed by atoms with Gasteiger partial charge in [-0.3, -0.25) is 9.69 Å². The molecule has 1 N–H and O–H groups in total. The first kappa shape index (κ1) is 13.4. The van der Waals surface area contributed by atoms with Gasteiger partial charge in [-0.1, -0.05) is 18.2 Å². The van der Waals surface area contributed by atoms with Gasteiger partial charge in [0.1, 0.15) is 6.61 Å². The van der Waals surface area contributed by atoms with Crippen molar-refractivity contribution in [2.45, 2.75) is 32.7 Å². The summed E-state index contributed by atoms with van der Waals surface area (Å²) >= 11 is 0. The number of benzene rings is 1. The van der Waals surface area contributed by atoms with Crippen molar-refractivity contribution >= 4 is 17.7 Å². The molecular weight excluding hydrogens is 246 g/mol. The molecule has 1 amide bonds. The summed E-state index contributed by atoms with van der Waals surface area (Å²) in [5, 5.41) is 8.76. The molecule has 1 aromatic rings. The van der Waals surface area contributed by atoms with E-state index in [9.17, 15) is 9.59 Å². The van der Waals surface area contributed by atoms with Crippen molar-refractivity contribution in [2.75, 3.05) is 11.5 Å². The number of hydrogen-bond donors (Lipinski definition) is 1. The highest BCUT2D eigenvalue weighted by Gasteiger charge is 2.35. The first-order valence-electron chi connectivity index (χ1n) is 6.24. The minimum absolute atomic E-state index is 0.0305. The van der Waals surface area contributed by atoms with Gasteiger partial charge in [-0.2, -0.15) is 0 Å². The van der Waals surface area contributed by atoms with Crippen molar-refractivity contribution in [3.8, 4) is 0 Å². The third-order valence-corrected chi connectivity index (χ3v) is 3.33. The molecule has 5 nitrogen and oxygen atoms in total. The van der Waals surface area contributed by atoms with Gasteiger partial charge >= 0.3 is 12.1 Å². The van der Waals surface area contributed by atoms with Gasteiger partial charge in [-0.25, -0.2) is 4.79 Å². The van der Waals surface area contributed by atoms with Crippen LogP contribution < -0.4 is 4.90 Å². The van der Waals surface area contributed by atoms with Crippen molar-refractivity contribution in [3.05, 3.63) is 29.3 Å². The van der Waals surface area contributed by atoms with Crippen molar-refractivity contribution < 1.29 is 19.4 Å². The molecule has 1 unspecified atom stereocenters. The van der Waals surface area contributed by atoms with Crippen molar-refractivity contribution in [2.24, 2.45) is 0 Å². The van der Waals surface area contributed by atoms with Crippen molar-refractivity contribution in [1.29, 1.82) is 0 Å². The minimum atomic E-state index is -0.860. The van der Waals surface area contributed by atoms with E-state index in [-0.39, 0.29) is 19.1 Å². The Morgan fingerprint density at radius 3 is 2.63 bits per heavy atom. The van der Waals surface area contributed by atoms with Crippen LogP contribution in [0.2, 0.25) is 0 Å². The van der Waals surface area contributed by atoms with Gasteiger partial charge in [0.2, 0.25) is 0 Å². The van der Waals surface area contributed by atoms with E-state index in [1.54, 1.807) is 4.90 Å². The summed E-state index contributed by atoms with van der Waals surface area (Å²) in [6, 6.07) is 5.59. The lowest BCUT2D eigenvalue weighted by atomic mass is 10.0. The molecule has 2 rings (SSSR count). The zero-order chi connectivity index (χ0) is 14.0. The van der Waals surface area contributed by atoms with Gasteiger partial charge in [0.05, 0.1) is 11.7 Å². The van der Waals surface area contributed by atoms with E-state index in [0.29, 0.717) is 6.42 Å². The number of carbonyl (C=O) groups excluding carboxylic acids is 1. The Kier molecular flexibility index (Phi) is 3.74. The molecular formula is C14H17NO4. The van der Waals surface area contributed by atoms with Gasteiger partial charge in [0.25, 0.3) is 0 Å². The van der Waals surface area contributed by atoms with Gasteiger partial charge in [-0.05, 0) is 31.4 Å². The molecule has 1 atom stereocenters. The second-order valence-electron chi connectivity index (χ2n) is 4.77. The highest BCUT2D eigenvalue weighted by Crippen LogP contribution is 2.31. The number of ether oxygens (including phenoxy) is 1. The molecule has 1 heterocycles. The van der Waals surface area contributed by atoms with E-state index in [1.807, 2.05) is 32.0 Å². The Morgan fingerprint density at radius 1 is 1.42 bits per heavy atom. The Balaban J connectivity index is 2.29. The number of nitrogens with zero attached hydrogens (tertiary/aromatic N) is 1. The van der Waals surface area contributed by atoms with Crippen LogP contribution in [-0.2, 0) is 9.53 Å². The van der Waals surface area contributed by atoms with E-state index in [0.717, 1.165) is 16.8 Å². The predicted molar refractivity (Wildman–Crippen MR) is 70.4 cm³/mol. The number of amides is 1. The highest BCUT2D eigenvalue weighted by atomic mass is 16.6. The normalized spacial score (nSPS) is 18.5. The number of para-hydroxylation sites is 1. The lowest BCUT2D eigenvalue weighted by Crippen LogP contribution is -2.34. The summed E-state index contributed by atoms with van der Waals surface area (Å²) in [7, 11) is 0. The average Bonchev–Trinajstić information content (AvgIpc) is 2.69. The van der Waals surface area contributed by atoms with Crippen molar-refractivity contribution in [3.63, 3.8) is 0 Å². The zero-order valence-electron chi connectivity index (χ0n) is 11.0. The van der Waals surface area contributed by atoms with Crippen LogP contribution in [0.3, 0.4) is 0 Å². The summed E-state index contributed by atoms with van der Waals surface area (Å²) in [5.74, 6) is -0.860. The van der Waals surface area contributed by atoms with E-state index in [2.05, 4.69) is 0 Å². The monoisotopic (exact) mass is 263 g/mol. The maximum absolute atomic E-state index is 11.9. The number of carbonyl (C=O) groups is 2. The number of carboxylic acids is 1. The quantitative estimate of drug-likeness (QED) is 0.906. The zero-order valence-corrected chi connectivity index (χ0v) is 11.0. The topological polar surface area (TPSA) is 66.8 Å². The molecule has 19 heavy (non-hydrogen) atoms. The molecule has 0 spiro atoms. The van der Waals surface area contributed by atoms with Crippen molar-refractivity contribution in [1.82, 2.24) is 0 Å². The number of aliphatic carboxylic acids is 1. The molecule has 0 aliphatic carbocycles. The van der Waals surface area contributed by atoms with Crippen LogP contribution in [0.15, 0.2) is 18.2 Å². The third-order valence-electron chi connectivity index (χ3n) is 3.33. The Morgan fingerprint density at radius 2 is 2.05 bits per heavy atom. The summed E-state index contributed by atoms with van der Waals surface area (Å²) in [6.07, 6.45) is 0.0326. The molecule has 1 fully saturated rings. The number of hydrogen-bond acceptors (Lipinski definition) is 3. The lowest BCUT2D eigenvalue weighted by Gasteiger charge is -2.24. The molecule has 1 aliphatic heterocycles. The number of rotatable bonds is 4. The van der Waals surface area contributed by atoms with Gasteiger partial charge in [0, 0.05) is 6.42 Å². The van der Waals surface area contributed by atoms with Crippen LogP contribution in [0.1, 0.15) is 24.0 Å². The lowest BCUT2D eigenvalue weighted by molar-refractivity contribution is -0.137. The smallest absolute Gasteiger partial charge is 0.414 e. The Labute approximate surface area is 111 Å². The summed E-state index contributed by atoms with van der Waals surface area (Å²) < 4.78 is 5.07. The molecule has 0 aromatic heterocycles. The SMILES string of the molecule is Cc1cccc(C)c1N1C(=O)OCC1CCC(=O)O. The van der Waals surface area contributed by atoms with Gasteiger partial charge in [-0.15, -0.1) is 0 Å². The fourth-order valence-electron chi connectivity index (χ4n) is 2.42. The van der Waals surface area contributed by atoms with E-state index in [4.69, 9.17) is 9.84 Å². The van der Waals surface area contributed by atoms with Gasteiger partial charge in [0.15, 0.2) is 0 Å². The van der Waals surface area contributed by atoms with E-state index in [1.165, 1.54) is 0 Å². The third kappa shape index (κ3) is 2.70. The summed E-state index contributed by atoms with van der Waals surface area (Å²) in [5.41, 5.74) is 2.80. The Hall–Kier alpha value is -2.04. The number of anilines is 1. The Bertz CT molecular complexity index is 492. The number of aryl methyl sites for hydroxylation is 2. The first-order valence-corrected chi connectivity index (χ1v) is 6.24. The standard InChI is InChI=1S/C14H17NO4/c1-9-4-3-5-10(2)13(9)15-11(6-7-12(16)17)8-19-14(15)18/h3-5,11H,6-8H2,1-2H3,(H,16,17). The van der Waals surface area contributed by atoms with Crippen LogP contribution in [0.25, 0.3) is 0 Å². The summed E-state index contributed by atoms with van der Waals surface area (Å²) in [4.78, 5) is 24.2. The number of carboxylic acid groups (broad SMARTS) is 1. The molecule has 1 aromatic carbocycles. The van der Waals surface area contributed by atoms with Crippen LogP contribution >= 0.6 is 0 Å². The van der Waals surface area contributed by atoms with Gasteiger partial charge < -0.3 is 9.84 Å². The summed E-state index contributed by atoms with van der Waals surface area (Å²) in [6.45, 7) is 4.12. The molecule has 5 heteroatoms. The predicted octanol–water partition coefficient (Wildman–Crippen LogP) is 2.49. The largest absolute Gasteiger partial charge is 0.481 e. The maximum Gasteiger partial charge on any atom is 0.414 e. The second-order valence-corrected chi connectivity index (χ2v) is 4.77. The fourth-order valence-corrected chi connectivity index (χ4v) is 2.42. The van der Waals surface area contributed by atoms with E-state index < -0.39 is 12.1 Å². The maximum atomic E-state index is 11.9. The molecule has 102 valence electrons. The first-order chi connectivity index (χ1) is 9.00. The van der Waals surface area contributed by atoms with Crippen LogP contribution in [0.5, 0.6) is 0 Å². The molecule has 0 bridgehead atoms. The highest BCUT2D eigenvalue weighted by molar-refractivity contribution is 5.92. The minimum Gasteiger partial charge on any atom is -0.481 e. The second kappa shape index (κ2) is 5.30. The van der Waals surface area contributed by atoms with Crippen LogP contribution in [0.4, 0.5) is 10.5 Å². The fraction of sp³-hybridized carbons (Fsp3) is 0.429. The van der Waals surface area contributed by atoms with Crippen LogP contribution in [0, 0.1) is 13.8 Å². The molecule has 1 saturated heterocycles. The average molecular weight is 263 g/mol. The number of cyclic esters (lactones) is 1. The van der Waals surface area contributed by atoms with E-state index >= 15 is 0 Å². The molecule has 0 radical (unpaired) electrons.